The fourth-order valence-corrected chi connectivity index (χ4v) is 13.8. The highest BCUT2D eigenvalue weighted by molar-refractivity contribution is 6.00. The van der Waals surface area contributed by atoms with Crippen LogP contribution in [0.2, 0.25) is 0 Å². The Morgan fingerprint density at radius 1 is 0.286 bits per heavy atom. The zero-order valence-electron chi connectivity index (χ0n) is 73.2. The van der Waals surface area contributed by atoms with Gasteiger partial charge in [-0.15, -0.1) is 0 Å². The molecule has 0 fully saturated rings. The van der Waals surface area contributed by atoms with E-state index in [9.17, 15) is 62.3 Å². The largest absolute Gasteiger partial charge is 0.368 e. The molecule has 119 heavy (non-hydrogen) atoms. The van der Waals surface area contributed by atoms with Crippen LogP contribution in [-0.4, -0.2) is 199 Å². The van der Waals surface area contributed by atoms with Gasteiger partial charge in [0.25, 0.3) is 0 Å². The zero-order valence-corrected chi connectivity index (χ0v) is 73.2. The van der Waals surface area contributed by atoms with Crippen molar-refractivity contribution in [1.29, 1.82) is 0 Å². The lowest BCUT2D eigenvalue weighted by molar-refractivity contribution is -0.136. The smallest absolute Gasteiger partial charge is 0.243 e. The van der Waals surface area contributed by atoms with Crippen LogP contribution in [0.4, 0.5) is 0 Å². The lowest BCUT2D eigenvalue weighted by Crippen LogP contribution is -2.61. The molecule has 0 radical (unpaired) electrons. The van der Waals surface area contributed by atoms with Crippen LogP contribution in [0.25, 0.3) is 0 Å². The third-order valence-electron chi connectivity index (χ3n) is 20.1. The molecule has 0 aromatic carbocycles. The molecule has 0 aliphatic rings. The van der Waals surface area contributed by atoms with Gasteiger partial charge in [-0.25, -0.2) is 15.0 Å². The molecule has 0 spiro atoms. The Bertz CT molecular complexity index is 3480. The number of unbranched alkanes of at least 4 members (excludes halogenated alkanes) is 11. The Morgan fingerprint density at radius 3 is 0.748 bits per heavy atom. The molecule has 0 saturated carbocycles. The normalized spacial score (nSPS) is 14.6. The highest BCUT2D eigenvalue weighted by atomic mass is 16.2. The summed E-state index contributed by atoms with van der Waals surface area (Å²) in [4.78, 5) is 209. The van der Waals surface area contributed by atoms with Crippen LogP contribution in [0.1, 0.15) is 268 Å². The Labute approximate surface area is 704 Å². The number of aromatic amines is 3. The topological polar surface area (TPSA) is 556 Å². The summed E-state index contributed by atoms with van der Waals surface area (Å²) in [5.74, 6) is -10.1. The first-order chi connectivity index (χ1) is 56.6. The fraction of sp³-hybridized carbons (Fsp3) is 0.738. The van der Waals surface area contributed by atoms with Gasteiger partial charge in [0, 0.05) is 44.3 Å². The highest BCUT2D eigenvalue weighted by Gasteiger charge is 2.39. The number of carbonyl (C=O) groups excluding carboxylic acids is 13. The maximum atomic E-state index is 15.0. The van der Waals surface area contributed by atoms with Crippen molar-refractivity contribution in [2.24, 2.45) is 58.4 Å². The van der Waals surface area contributed by atoms with Crippen LogP contribution in [0, 0.1) is 35.5 Å². The summed E-state index contributed by atoms with van der Waals surface area (Å²) < 4.78 is 0. The van der Waals surface area contributed by atoms with E-state index in [1.807, 2.05) is 83.1 Å². The van der Waals surface area contributed by atoms with Crippen LogP contribution < -0.4 is 86.7 Å². The van der Waals surface area contributed by atoms with E-state index >= 15 is 0 Å². The molecule has 0 aliphatic heterocycles. The van der Waals surface area contributed by atoms with Gasteiger partial charge in [-0.05, 0) is 158 Å². The number of H-pyrrole nitrogens is 3. The summed E-state index contributed by atoms with van der Waals surface area (Å²) in [6, 6.07) is -15.1. The third-order valence-corrected chi connectivity index (χ3v) is 20.1. The van der Waals surface area contributed by atoms with E-state index in [2.05, 4.69) is 101 Å². The first-order valence-electron chi connectivity index (χ1n) is 43.5. The Balaban J connectivity index is 1.95. The number of primary amides is 1. The quantitative estimate of drug-likeness (QED) is 0.0358. The van der Waals surface area contributed by atoms with Crippen molar-refractivity contribution in [2.75, 3.05) is 19.6 Å². The summed E-state index contributed by atoms with van der Waals surface area (Å²) in [6.45, 7) is 25.2. The summed E-state index contributed by atoms with van der Waals surface area (Å²) in [6.07, 6.45) is 21.8. The molecule has 3 aromatic rings. The second-order valence-electron chi connectivity index (χ2n) is 34.2. The van der Waals surface area contributed by atoms with Gasteiger partial charge in [-0.3, -0.25) is 62.3 Å². The van der Waals surface area contributed by atoms with Gasteiger partial charge in [0.1, 0.15) is 72.5 Å². The van der Waals surface area contributed by atoms with E-state index in [0.717, 1.165) is 25.7 Å². The molecule has 0 bridgehead atoms. The standard InChI is InChI=1S/C84H148N22O13/c1-14-15-16-17-18-19-20-21-22-32-72(107)95-64(37-52(4)5)77(112)96-60(29-23-26-33-85)74(109)105-70(43-58-46-90-49-93-58)83(118)102-67(40-55(10)11)80(115)101-66(39-54(8)9)79(114)98-62(31-25-28-35-87)76(111)106-71(44-59-47-91-50-94-59)84(119)103-68(41-56(12)13)81(116)100-65(38-53(6)7)78(113)97-61(30-24-27-34-86)75(110)104-69(42-57-45-89-48-92-57)82(117)99-63(73(88)108)36-51(2)3/h45-56,60-71H,14-44,85-87H2,1-13H3,(H2,88,108)(H,89,92)(H,90,93)(H,91,94)(H,95,107)(H,96,112)(H,97,113)(H,98,114)(H,99,117)(H,100,116)(H,101,115)(H,102,118)(H,103,119)(H,104,110)(H,105,109)(H,106,111)/t60-,61-,62-,63+,64+,65+,66+,67+,68+,69-,70-,71-/m0/s1. The third kappa shape index (κ3) is 42.9. The van der Waals surface area contributed by atoms with Gasteiger partial charge in [-0.2, -0.15) is 0 Å². The van der Waals surface area contributed by atoms with E-state index in [4.69, 9.17) is 22.9 Å². The summed E-state index contributed by atoms with van der Waals surface area (Å²) in [5, 5.41) is 33.8. The lowest BCUT2D eigenvalue weighted by Gasteiger charge is -2.29. The minimum absolute atomic E-state index is 0.00711. The van der Waals surface area contributed by atoms with E-state index in [1.165, 1.54) is 50.9 Å². The number of hydrogen-bond donors (Lipinski definition) is 19. The average molecular weight is 1670 g/mol. The molecule has 3 heterocycles. The lowest BCUT2D eigenvalue weighted by atomic mass is 9.98. The van der Waals surface area contributed by atoms with Crippen molar-refractivity contribution in [3.63, 3.8) is 0 Å². The van der Waals surface area contributed by atoms with Gasteiger partial charge in [0.2, 0.25) is 76.8 Å². The van der Waals surface area contributed by atoms with Crippen LogP contribution in [0.5, 0.6) is 0 Å². The molecular formula is C84H148N22O13. The van der Waals surface area contributed by atoms with Gasteiger partial charge in [0.05, 0.1) is 36.1 Å². The molecule has 0 aliphatic carbocycles. The van der Waals surface area contributed by atoms with Crippen molar-refractivity contribution in [1.82, 2.24) is 93.7 Å². The molecule has 672 valence electrons. The van der Waals surface area contributed by atoms with E-state index in [-0.39, 0.29) is 132 Å². The summed E-state index contributed by atoms with van der Waals surface area (Å²) in [5.41, 5.74) is 24.5. The second-order valence-corrected chi connectivity index (χ2v) is 34.2. The van der Waals surface area contributed by atoms with Crippen LogP contribution in [-0.2, 0) is 81.6 Å². The number of amides is 13. The van der Waals surface area contributed by atoms with Crippen LogP contribution in [0.3, 0.4) is 0 Å². The Kier molecular flexibility index (Phi) is 50.4. The van der Waals surface area contributed by atoms with Gasteiger partial charge < -0.3 is 102 Å². The van der Waals surface area contributed by atoms with Crippen molar-refractivity contribution in [2.45, 2.75) is 342 Å². The predicted molar refractivity (Wildman–Crippen MR) is 457 cm³/mol. The molecule has 12 atom stereocenters. The number of aromatic nitrogens is 6. The monoisotopic (exact) mass is 1670 g/mol. The second kappa shape index (κ2) is 57.7. The molecule has 3 aromatic heterocycles. The number of nitrogens with two attached hydrogens (primary N) is 4. The predicted octanol–water partition coefficient (Wildman–Crippen LogP) is 3.77. The zero-order chi connectivity index (χ0) is 88.5. The molecule has 3 rings (SSSR count). The van der Waals surface area contributed by atoms with Crippen molar-refractivity contribution >= 4 is 76.8 Å². The van der Waals surface area contributed by atoms with E-state index < -0.39 is 143 Å². The van der Waals surface area contributed by atoms with E-state index in [1.54, 1.807) is 12.4 Å². The first kappa shape index (κ1) is 104. The molecule has 35 heteroatoms. The molecule has 0 saturated heterocycles. The highest BCUT2D eigenvalue weighted by Crippen LogP contribution is 2.19. The molecule has 13 amide bonds. The average Bonchev–Trinajstić information content (AvgIpc) is 1.23. The summed E-state index contributed by atoms with van der Waals surface area (Å²) >= 11 is 0. The van der Waals surface area contributed by atoms with Gasteiger partial charge in [-0.1, -0.05) is 141 Å². The molecule has 35 nitrogen and oxygen atoms in total. The van der Waals surface area contributed by atoms with E-state index in [0.29, 0.717) is 75.0 Å². The molecule has 23 N–H and O–H groups in total. The van der Waals surface area contributed by atoms with Crippen LogP contribution >= 0.6 is 0 Å². The first-order valence-corrected chi connectivity index (χ1v) is 43.5. The minimum atomic E-state index is -1.45. The molecular weight excluding hydrogens is 1530 g/mol. The number of hydrogen-bond acceptors (Lipinski definition) is 19. The number of nitrogens with one attached hydrogen (secondary N) is 15. The van der Waals surface area contributed by atoms with Crippen molar-refractivity contribution in [3.8, 4) is 0 Å². The van der Waals surface area contributed by atoms with Gasteiger partial charge in [0.15, 0.2) is 0 Å². The minimum Gasteiger partial charge on any atom is -0.368 e. The van der Waals surface area contributed by atoms with Crippen molar-refractivity contribution in [3.05, 3.63) is 54.7 Å². The molecule has 0 unspecified atom stereocenters. The van der Waals surface area contributed by atoms with Gasteiger partial charge >= 0.3 is 0 Å². The SMILES string of the molecule is CCCCCCCCCCCC(=O)N[C@H](CC(C)C)C(=O)N[C@@H](CCCCN)C(=O)N[C@@H](Cc1c[nH]cn1)C(=O)N[C@H](CC(C)C)C(=O)N[C@H](CC(C)C)C(=O)N[C@@H](CCCCN)C(=O)N[C@@H](Cc1c[nH]cn1)C(=O)N[C@H](CC(C)C)C(=O)N[C@H](CC(C)C)C(=O)N[C@@H](CCCCN)C(=O)N[C@@H](Cc1c[nH]cn1)C(=O)N[C@H](CC(C)C)C(N)=O. The number of nitrogens with zero attached hydrogens (tertiary/aromatic N) is 3. The Morgan fingerprint density at radius 2 is 0.504 bits per heavy atom. The van der Waals surface area contributed by atoms with Crippen LogP contribution in [0.15, 0.2) is 37.6 Å². The van der Waals surface area contributed by atoms with Crippen molar-refractivity contribution < 1.29 is 62.3 Å². The Hall–Kier alpha value is -9.38. The maximum Gasteiger partial charge on any atom is 0.243 e. The maximum absolute atomic E-state index is 15.0. The number of imidazole rings is 3. The number of carbonyl (C=O) groups is 13. The number of rotatable bonds is 64. The summed E-state index contributed by atoms with van der Waals surface area (Å²) in [7, 11) is 0. The fourth-order valence-electron chi connectivity index (χ4n) is 13.8.